The van der Waals surface area contributed by atoms with E-state index in [0.717, 1.165) is 11.5 Å². The number of aliphatic hydroxyl groups is 2. The van der Waals surface area contributed by atoms with Gasteiger partial charge in [-0.05, 0) is 18.2 Å². The lowest BCUT2D eigenvalue weighted by atomic mass is 10.1. The Hall–Kier alpha value is -2.05. The maximum absolute atomic E-state index is 14.1. The van der Waals surface area contributed by atoms with E-state index in [1.807, 2.05) is 11.0 Å². The summed E-state index contributed by atoms with van der Waals surface area (Å²) in [7, 11) is 0. The number of ether oxygens (including phenoxy) is 1. The highest BCUT2D eigenvalue weighted by molar-refractivity contribution is 5.52. The Labute approximate surface area is 128 Å². The molecule has 2 aliphatic rings. The summed E-state index contributed by atoms with van der Waals surface area (Å²) in [6, 6.07) is 5.03. The van der Waals surface area contributed by atoms with E-state index in [-0.39, 0.29) is 25.1 Å². The van der Waals surface area contributed by atoms with Crippen molar-refractivity contribution in [3.8, 4) is 0 Å². The van der Waals surface area contributed by atoms with Crippen LogP contribution in [0.2, 0.25) is 0 Å². The topological polar surface area (TPSA) is 65.0 Å². The molecule has 6 heteroatoms. The molecule has 22 heavy (non-hydrogen) atoms. The zero-order valence-electron chi connectivity index (χ0n) is 12.1. The summed E-state index contributed by atoms with van der Waals surface area (Å²) in [6.45, 7) is 1.46. The molecule has 3 N–H and O–H groups in total. The minimum absolute atomic E-state index is 0.0124. The van der Waals surface area contributed by atoms with Crippen molar-refractivity contribution in [2.75, 3.05) is 31.1 Å². The van der Waals surface area contributed by atoms with Crippen LogP contribution in [0, 0.1) is 5.82 Å². The van der Waals surface area contributed by atoms with Crippen LogP contribution in [0.5, 0.6) is 0 Å². The molecule has 1 fully saturated rings. The van der Waals surface area contributed by atoms with Gasteiger partial charge in [0.15, 0.2) is 5.82 Å². The van der Waals surface area contributed by atoms with Gasteiger partial charge in [-0.2, -0.15) is 0 Å². The normalized spacial score (nSPS) is 18.2. The van der Waals surface area contributed by atoms with Gasteiger partial charge in [-0.25, -0.2) is 4.39 Å². The van der Waals surface area contributed by atoms with Crippen LogP contribution in [0.3, 0.4) is 0 Å². The molecule has 0 radical (unpaired) electrons. The lowest BCUT2D eigenvalue weighted by Gasteiger charge is -2.41. The van der Waals surface area contributed by atoms with Crippen LogP contribution in [-0.4, -0.2) is 42.6 Å². The third-order valence-electron chi connectivity index (χ3n) is 3.87. The Balaban J connectivity index is 1.57. The Kier molecular flexibility index (Phi) is 4.31. The lowest BCUT2D eigenvalue weighted by molar-refractivity contribution is 0.0862. The van der Waals surface area contributed by atoms with E-state index in [0.29, 0.717) is 30.9 Å². The van der Waals surface area contributed by atoms with Gasteiger partial charge in [0.2, 0.25) is 0 Å². The van der Waals surface area contributed by atoms with E-state index >= 15 is 0 Å². The van der Waals surface area contributed by atoms with Crippen LogP contribution in [-0.2, 0) is 11.3 Å². The minimum atomic E-state index is -0.363. The van der Waals surface area contributed by atoms with Gasteiger partial charge in [-0.15, -0.1) is 0 Å². The number of benzene rings is 1. The average molecular weight is 306 g/mol. The highest BCUT2D eigenvalue weighted by Crippen LogP contribution is 2.28. The fourth-order valence-electron chi connectivity index (χ4n) is 2.56. The Morgan fingerprint density at radius 2 is 2.05 bits per heavy atom. The first kappa shape index (κ1) is 14.9. The third-order valence-corrected chi connectivity index (χ3v) is 3.87. The summed E-state index contributed by atoms with van der Waals surface area (Å²) in [5.41, 5.74) is 1.58. The van der Waals surface area contributed by atoms with Gasteiger partial charge < -0.3 is 25.2 Å². The molecule has 0 unspecified atom stereocenters. The molecule has 1 saturated heterocycles. The SMILES string of the molecule is OCC1=CC=C(OC2CN(c3cccc(CO)c3F)C2)CN1. The zero-order chi connectivity index (χ0) is 15.5. The summed E-state index contributed by atoms with van der Waals surface area (Å²) >= 11 is 0. The lowest BCUT2D eigenvalue weighted by Crippen LogP contribution is -2.53. The maximum Gasteiger partial charge on any atom is 0.151 e. The van der Waals surface area contributed by atoms with Crippen molar-refractivity contribution in [3.63, 3.8) is 0 Å². The number of rotatable bonds is 5. The molecule has 2 aliphatic heterocycles. The monoisotopic (exact) mass is 306 g/mol. The molecule has 0 spiro atoms. The predicted octanol–water partition coefficient (Wildman–Crippen LogP) is 0.886. The number of halogens is 1. The second kappa shape index (κ2) is 6.37. The third kappa shape index (κ3) is 2.93. The number of anilines is 1. The molecule has 118 valence electrons. The molecule has 3 rings (SSSR count). The number of hydrogen-bond donors (Lipinski definition) is 3. The molecule has 0 aromatic heterocycles. The second-order valence-electron chi connectivity index (χ2n) is 5.39. The van der Waals surface area contributed by atoms with E-state index in [1.54, 1.807) is 24.3 Å². The van der Waals surface area contributed by atoms with Crippen LogP contribution >= 0.6 is 0 Å². The standard InChI is InChI=1S/C16H19FN2O3/c17-16-11(9-20)2-1-3-15(16)19-7-14(8-19)22-13-5-4-12(10-21)18-6-13/h1-5,14,18,20-21H,6-10H2. The summed E-state index contributed by atoms with van der Waals surface area (Å²) in [4.78, 5) is 1.89. The first-order valence-corrected chi connectivity index (χ1v) is 7.25. The Morgan fingerprint density at radius 3 is 2.68 bits per heavy atom. The summed E-state index contributed by atoms with van der Waals surface area (Å²) in [5.74, 6) is 0.448. The van der Waals surface area contributed by atoms with Crippen molar-refractivity contribution in [3.05, 3.63) is 53.2 Å². The van der Waals surface area contributed by atoms with Gasteiger partial charge >= 0.3 is 0 Å². The van der Waals surface area contributed by atoms with Crippen LogP contribution in [0.25, 0.3) is 0 Å². The quantitative estimate of drug-likeness (QED) is 0.754. The van der Waals surface area contributed by atoms with Gasteiger partial charge in [0.05, 0.1) is 38.5 Å². The molecule has 5 nitrogen and oxygen atoms in total. The first-order valence-electron chi connectivity index (χ1n) is 7.25. The molecule has 0 amide bonds. The fraction of sp³-hybridized carbons (Fsp3) is 0.375. The number of aliphatic hydroxyl groups excluding tert-OH is 2. The Morgan fingerprint density at radius 1 is 1.23 bits per heavy atom. The van der Waals surface area contributed by atoms with Gasteiger partial charge in [0, 0.05) is 11.3 Å². The van der Waals surface area contributed by atoms with Gasteiger partial charge in [0.25, 0.3) is 0 Å². The van der Waals surface area contributed by atoms with Crippen molar-refractivity contribution in [2.24, 2.45) is 0 Å². The van der Waals surface area contributed by atoms with Gasteiger partial charge in [0.1, 0.15) is 11.9 Å². The van der Waals surface area contributed by atoms with Gasteiger partial charge in [-0.1, -0.05) is 12.1 Å². The molecule has 0 bridgehead atoms. The Bertz CT molecular complexity index is 609. The zero-order valence-corrected chi connectivity index (χ0v) is 12.1. The molecule has 1 aromatic rings. The molecular formula is C16H19FN2O3. The number of hydrogen-bond acceptors (Lipinski definition) is 5. The van der Waals surface area contributed by atoms with Crippen molar-refractivity contribution in [2.45, 2.75) is 12.7 Å². The molecule has 0 atom stereocenters. The first-order chi connectivity index (χ1) is 10.7. The van der Waals surface area contributed by atoms with Crippen LogP contribution < -0.4 is 10.2 Å². The predicted molar refractivity (Wildman–Crippen MR) is 80.7 cm³/mol. The average Bonchev–Trinajstić information content (AvgIpc) is 2.52. The number of nitrogens with zero attached hydrogens (tertiary/aromatic N) is 1. The van der Waals surface area contributed by atoms with Crippen molar-refractivity contribution in [1.29, 1.82) is 0 Å². The van der Waals surface area contributed by atoms with Crippen molar-refractivity contribution in [1.82, 2.24) is 5.32 Å². The van der Waals surface area contributed by atoms with Gasteiger partial charge in [-0.3, -0.25) is 0 Å². The summed E-state index contributed by atoms with van der Waals surface area (Å²) in [5, 5.41) is 21.1. The van der Waals surface area contributed by atoms with E-state index in [9.17, 15) is 4.39 Å². The maximum atomic E-state index is 14.1. The molecule has 2 heterocycles. The number of allylic oxidation sites excluding steroid dienone is 2. The van der Waals surface area contributed by atoms with Crippen LogP contribution in [0.1, 0.15) is 5.56 Å². The molecule has 1 aromatic carbocycles. The smallest absolute Gasteiger partial charge is 0.151 e. The second-order valence-corrected chi connectivity index (χ2v) is 5.39. The van der Waals surface area contributed by atoms with Crippen molar-refractivity contribution < 1.29 is 19.3 Å². The molecular weight excluding hydrogens is 287 g/mol. The van der Waals surface area contributed by atoms with Crippen LogP contribution in [0.15, 0.2) is 41.8 Å². The fourth-order valence-corrected chi connectivity index (χ4v) is 2.56. The van der Waals surface area contributed by atoms with Crippen LogP contribution in [0.4, 0.5) is 10.1 Å². The van der Waals surface area contributed by atoms with E-state index in [1.165, 1.54) is 0 Å². The van der Waals surface area contributed by atoms with E-state index in [4.69, 9.17) is 14.9 Å². The minimum Gasteiger partial charge on any atom is -0.489 e. The largest absolute Gasteiger partial charge is 0.489 e. The van der Waals surface area contributed by atoms with Crippen molar-refractivity contribution >= 4 is 5.69 Å². The summed E-state index contributed by atoms with van der Waals surface area (Å²) in [6.07, 6.45) is 3.66. The van der Waals surface area contributed by atoms with E-state index in [2.05, 4.69) is 5.32 Å². The van der Waals surface area contributed by atoms with E-state index < -0.39 is 0 Å². The number of dihydropyridines is 1. The molecule has 0 aliphatic carbocycles. The summed E-state index contributed by atoms with van der Waals surface area (Å²) < 4.78 is 19.9. The highest BCUT2D eigenvalue weighted by Gasteiger charge is 2.31. The highest BCUT2D eigenvalue weighted by atomic mass is 19.1. The number of nitrogens with one attached hydrogen (secondary N) is 1. The molecule has 0 saturated carbocycles.